The maximum Gasteiger partial charge on any atom is 0.338 e. The van der Waals surface area contributed by atoms with E-state index in [-0.39, 0.29) is 48.7 Å². The molecule has 2 fully saturated rings. The van der Waals surface area contributed by atoms with Gasteiger partial charge < -0.3 is 52.1 Å². The smallest absolute Gasteiger partial charge is 0.338 e. The Labute approximate surface area is 458 Å². The summed E-state index contributed by atoms with van der Waals surface area (Å²) in [6.07, 6.45) is -7.42. The van der Waals surface area contributed by atoms with E-state index in [9.17, 15) is 19.2 Å². The molecule has 9 rings (SSSR count). The van der Waals surface area contributed by atoms with E-state index in [4.69, 9.17) is 58.5 Å². The minimum Gasteiger partial charge on any atom is -0.459 e. The average Bonchev–Trinajstić information content (AvgIpc) is 3.53. The summed E-state index contributed by atoms with van der Waals surface area (Å²) >= 11 is 0. The predicted octanol–water partition coefficient (Wildman–Crippen LogP) is 9.39. The molecule has 2 aliphatic heterocycles. The zero-order chi connectivity index (χ0) is 54.6. The number of carbonyl (C=O) groups excluding carboxylic acids is 4. The van der Waals surface area contributed by atoms with Crippen molar-refractivity contribution in [3.05, 3.63) is 251 Å². The average molecular weight is 1070 g/mol. The fourth-order valence-corrected chi connectivity index (χ4v) is 9.00. The number of ether oxygens (including phenoxy) is 11. The zero-order valence-corrected chi connectivity index (χ0v) is 42.9. The fraction of sp³-hybridized carbons (Fsp3) is 0.250. The summed E-state index contributed by atoms with van der Waals surface area (Å²) in [5, 5.41) is 0. The van der Waals surface area contributed by atoms with E-state index < -0.39 is 98.5 Å². The lowest BCUT2D eigenvalue weighted by Gasteiger charge is -2.47. The Bertz CT molecular complexity index is 3040. The molecule has 15 nitrogen and oxygen atoms in total. The number of hydrogen-bond donors (Lipinski definition) is 0. The van der Waals surface area contributed by atoms with Crippen molar-refractivity contribution in [2.24, 2.45) is 0 Å². The topological polar surface area (TPSA) is 170 Å². The van der Waals surface area contributed by atoms with Gasteiger partial charge in [0, 0.05) is 0 Å². The first-order valence-electron chi connectivity index (χ1n) is 25.8. The van der Waals surface area contributed by atoms with E-state index in [2.05, 4.69) is 5.92 Å². The van der Waals surface area contributed by atoms with Crippen molar-refractivity contribution in [2.45, 2.75) is 81.2 Å². The van der Waals surface area contributed by atoms with Crippen LogP contribution in [0.5, 0.6) is 0 Å². The van der Waals surface area contributed by atoms with Crippen molar-refractivity contribution < 1.29 is 71.3 Å². The lowest BCUT2D eigenvalue weighted by molar-refractivity contribution is -0.342. The molecule has 404 valence electrons. The molecule has 10 atom stereocenters. The van der Waals surface area contributed by atoms with Crippen molar-refractivity contribution in [1.82, 2.24) is 0 Å². The molecule has 0 bridgehead atoms. The third kappa shape index (κ3) is 15.3. The van der Waals surface area contributed by atoms with Gasteiger partial charge in [-0.05, 0) is 65.2 Å². The Hall–Kier alpha value is -8.30. The molecule has 0 aliphatic carbocycles. The normalized spacial score (nSPS) is 22.6. The molecule has 0 unspecified atom stereocenters. The SMILES string of the molecule is C#CCO[C@H]1O[C@H](CO[C@H]2O[C@H](COC(=O)c3ccccc3)[C@@H](OC(=O)c3ccccc3)[C@H](OC(=O)c3ccccc3)[C@@H]2OC(=O)c2ccccc2)[C@@H](OCc2ccccc2)[C@H](OCc2ccccc2)[C@H]1OCc1ccccc1. The monoisotopic (exact) mass is 1070 g/mol. The van der Waals surface area contributed by atoms with E-state index >= 15 is 0 Å². The highest BCUT2D eigenvalue weighted by Crippen LogP contribution is 2.35. The molecule has 2 heterocycles. The van der Waals surface area contributed by atoms with Crippen molar-refractivity contribution in [2.75, 3.05) is 19.8 Å². The van der Waals surface area contributed by atoms with Crippen molar-refractivity contribution in [3.8, 4) is 12.3 Å². The second-order valence-corrected chi connectivity index (χ2v) is 18.4. The number of rotatable bonds is 23. The van der Waals surface area contributed by atoms with Crippen LogP contribution in [0.25, 0.3) is 0 Å². The van der Waals surface area contributed by atoms with E-state index in [1.54, 1.807) is 97.1 Å². The van der Waals surface area contributed by atoms with Crippen LogP contribution in [0.3, 0.4) is 0 Å². The molecule has 2 aliphatic rings. The van der Waals surface area contributed by atoms with Gasteiger partial charge in [-0.1, -0.05) is 170 Å². The molecule has 15 heteroatoms. The lowest BCUT2D eigenvalue weighted by Crippen LogP contribution is -2.64. The fourth-order valence-electron chi connectivity index (χ4n) is 9.00. The highest BCUT2D eigenvalue weighted by Gasteiger charge is 2.55. The standard InChI is InChI=1S/C64H58O15/c1-2-38-69-63-57(72-41-46-28-14-5-15-29-46)55(71-40-45-26-12-4-13-27-45)53(70-39-44-24-10-3-11-25-44)51(75-63)43-74-64-58(79-62(68)50-36-22-9-23-37-50)56(78-61(67)49-34-20-8-21-35-49)54(77-60(66)48-32-18-7-19-33-48)52(76-64)42-73-59(65)47-30-16-6-17-31-47/h1,3-37,51-58,63-64H,38-43H2/t51-,52-,53-,54-,55+,56+,57-,58+,63+,64+/m1/s1. The van der Waals surface area contributed by atoms with Crippen LogP contribution in [0.15, 0.2) is 212 Å². The predicted molar refractivity (Wildman–Crippen MR) is 287 cm³/mol. The molecule has 7 aromatic carbocycles. The molecule has 0 saturated carbocycles. The first-order valence-corrected chi connectivity index (χ1v) is 25.8. The van der Waals surface area contributed by atoms with E-state index in [1.807, 2.05) is 91.0 Å². The van der Waals surface area contributed by atoms with Gasteiger partial charge >= 0.3 is 23.9 Å². The Morgan fingerprint density at radius 3 is 1.13 bits per heavy atom. The Balaban J connectivity index is 1.11. The summed E-state index contributed by atoms with van der Waals surface area (Å²) in [5.41, 5.74) is 3.19. The number of hydrogen-bond acceptors (Lipinski definition) is 15. The molecular weight excluding hydrogens is 1010 g/mol. The molecular formula is C64H58O15. The first-order chi connectivity index (χ1) is 38.8. The van der Waals surface area contributed by atoms with Gasteiger partial charge in [0.1, 0.15) is 43.7 Å². The van der Waals surface area contributed by atoms with E-state index in [1.165, 1.54) is 24.3 Å². The van der Waals surface area contributed by atoms with Gasteiger partial charge in [-0.2, -0.15) is 0 Å². The number of benzene rings is 7. The van der Waals surface area contributed by atoms with Gasteiger partial charge in [0.2, 0.25) is 0 Å². The van der Waals surface area contributed by atoms with Crippen LogP contribution in [0, 0.1) is 12.3 Å². The highest BCUT2D eigenvalue weighted by atomic mass is 16.8. The van der Waals surface area contributed by atoms with Gasteiger partial charge in [0.15, 0.2) is 30.9 Å². The summed E-state index contributed by atoms with van der Waals surface area (Å²) in [6, 6.07) is 61.2. The second kappa shape index (κ2) is 28.4. The molecule has 79 heavy (non-hydrogen) atoms. The van der Waals surface area contributed by atoms with Crippen LogP contribution in [-0.2, 0) is 71.9 Å². The van der Waals surface area contributed by atoms with E-state index in [0.717, 1.165) is 16.7 Å². The summed E-state index contributed by atoms with van der Waals surface area (Å²) in [4.78, 5) is 56.5. The number of esters is 4. The highest BCUT2D eigenvalue weighted by molar-refractivity contribution is 5.91. The Morgan fingerprint density at radius 1 is 0.354 bits per heavy atom. The van der Waals surface area contributed by atoms with Crippen molar-refractivity contribution in [3.63, 3.8) is 0 Å². The van der Waals surface area contributed by atoms with Gasteiger partial charge in [-0.25, -0.2) is 19.2 Å². The van der Waals surface area contributed by atoms with Crippen molar-refractivity contribution in [1.29, 1.82) is 0 Å². The van der Waals surface area contributed by atoms with Crippen LogP contribution in [-0.4, -0.2) is 105 Å². The van der Waals surface area contributed by atoms with Crippen LogP contribution >= 0.6 is 0 Å². The summed E-state index contributed by atoms with van der Waals surface area (Å²) < 4.78 is 71.7. The summed E-state index contributed by atoms with van der Waals surface area (Å²) in [7, 11) is 0. The number of carbonyl (C=O) groups is 4. The molecule has 7 aromatic rings. The Kier molecular flexibility index (Phi) is 19.9. The van der Waals surface area contributed by atoms with Gasteiger partial charge in [-0.15, -0.1) is 6.42 Å². The second-order valence-electron chi connectivity index (χ2n) is 18.4. The maximum atomic E-state index is 14.4. The maximum absolute atomic E-state index is 14.4. The van der Waals surface area contributed by atoms with Gasteiger partial charge in [0.25, 0.3) is 0 Å². The Morgan fingerprint density at radius 2 is 0.696 bits per heavy atom. The van der Waals surface area contributed by atoms with Crippen LogP contribution in [0.2, 0.25) is 0 Å². The molecule has 0 amide bonds. The molecule has 2 saturated heterocycles. The van der Waals surface area contributed by atoms with E-state index in [0.29, 0.717) is 0 Å². The largest absolute Gasteiger partial charge is 0.459 e. The quantitative estimate of drug-likeness (QED) is 0.0337. The third-order valence-corrected chi connectivity index (χ3v) is 12.9. The third-order valence-electron chi connectivity index (χ3n) is 12.9. The van der Waals surface area contributed by atoms with Crippen molar-refractivity contribution >= 4 is 23.9 Å². The summed E-state index contributed by atoms with van der Waals surface area (Å²) in [6.45, 7) is -0.783. The summed E-state index contributed by atoms with van der Waals surface area (Å²) in [5.74, 6) is -0.784. The van der Waals surface area contributed by atoms with Gasteiger partial charge in [0.05, 0.1) is 48.7 Å². The van der Waals surface area contributed by atoms with Crippen LogP contribution in [0.4, 0.5) is 0 Å². The molecule has 0 N–H and O–H groups in total. The molecule has 0 spiro atoms. The van der Waals surface area contributed by atoms with Crippen LogP contribution < -0.4 is 0 Å². The van der Waals surface area contributed by atoms with Crippen LogP contribution in [0.1, 0.15) is 58.1 Å². The minimum absolute atomic E-state index is 0.0932. The lowest BCUT2D eigenvalue weighted by atomic mass is 9.96. The zero-order valence-electron chi connectivity index (χ0n) is 42.9. The molecule has 0 radical (unpaired) electrons. The first kappa shape index (κ1) is 55.5. The molecule has 0 aromatic heterocycles. The minimum atomic E-state index is -1.69. The number of terminal acetylenes is 1. The van der Waals surface area contributed by atoms with Gasteiger partial charge in [-0.3, -0.25) is 0 Å².